The average molecular weight is 1790 g/mol. The predicted molar refractivity (Wildman–Crippen MR) is 564 cm³/mol. The third-order valence-electron chi connectivity index (χ3n) is 34.5. The maximum Gasteiger partial charge on any atom is 0.141 e. The predicted octanol–water partition coefficient (Wildman–Crippen LogP) is 30.0. The molecule has 140 heavy (non-hydrogen) atoms. The summed E-state index contributed by atoms with van der Waals surface area (Å²) in [5, 5.41) is 0. The molecule has 8 aliphatic carbocycles. The fourth-order valence-corrected chi connectivity index (χ4v) is 28.6. The first kappa shape index (κ1) is 76.5. The molecule has 36 rings (SSSR count). The molecule has 4 aromatic heterocycles. The molecule has 16 aromatic carbocycles. The van der Waals surface area contributed by atoms with Crippen LogP contribution in [-0.2, 0) is 103 Å². The SMILES string of the molecule is c1ccc2c(c1)Cc1cc3c(cc1-2)-c1ccc2c(c1C3)Cc1cccc3c1N2c1cnccc1C3.c1ccc2c(c1)Cc1cc3c(cc1-2)-c1ccc2c(c1C3)Cc1cccc3c1N2c1ncccc1C3.c1ccc2c(c1)Cc1ccc3c(c1-2)Cc1c-3ccc2c1Cc1cccc3c1N2c1cccnc1C3.c1ccc2c(c1)Cc1ccc3c(c1-2)Cc1c-3ccc2c1Cc1cccc3c1N2c1ccncc1C3. The van der Waals surface area contributed by atoms with Crippen LogP contribution in [0.25, 0.3) is 89.0 Å². The zero-order valence-corrected chi connectivity index (χ0v) is 77.2. The summed E-state index contributed by atoms with van der Waals surface area (Å²) in [6, 6.07) is 115. The zero-order valence-electron chi connectivity index (χ0n) is 77.2. The summed E-state index contributed by atoms with van der Waals surface area (Å²) in [7, 11) is 0. The van der Waals surface area contributed by atoms with Gasteiger partial charge in [0.05, 0.1) is 74.5 Å². The number of aromatic nitrogens is 4. The Kier molecular flexibility index (Phi) is 15.6. The van der Waals surface area contributed by atoms with Gasteiger partial charge in [-0.3, -0.25) is 19.9 Å². The molecular weight excluding hydrogens is 1700 g/mol. The molecule has 16 aliphatic rings. The van der Waals surface area contributed by atoms with E-state index in [2.05, 4.69) is 333 Å². The van der Waals surface area contributed by atoms with Crippen molar-refractivity contribution in [1.82, 2.24) is 19.9 Å². The highest BCUT2D eigenvalue weighted by Gasteiger charge is 2.44. The highest BCUT2D eigenvalue weighted by atomic mass is 15.2. The number of fused-ring (bicyclic) bond motifs is 46. The summed E-state index contributed by atoms with van der Waals surface area (Å²) in [6.45, 7) is 0. The van der Waals surface area contributed by atoms with Crippen molar-refractivity contribution < 1.29 is 0 Å². The molecule has 0 atom stereocenters. The van der Waals surface area contributed by atoms with Crippen LogP contribution in [0.5, 0.6) is 0 Å². The first-order valence-corrected chi connectivity index (χ1v) is 50.3. The van der Waals surface area contributed by atoms with E-state index in [4.69, 9.17) is 9.97 Å². The Morgan fingerprint density at radius 2 is 0.500 bits per heavy atom. The van der Waals surface area contributed by atoms with Gasteiger partial charge in [-0.05, 0) is 380 Å². The fraction of sp³-hybridized carbons (Fsp3) is 0.121. The van der Waals surface area contributed by atoms with E-state index in [0.717, 1.165) is 109 Å². The highest BCUT2D eigenvalue weighted by molar-refractivity contribution is 6.02. The van der Waals surface area contributed by atoms with Crippen LogP contribution in [0.2, 0.25) is 0 Å². The Labute approximate surface area is 812 Å². The van der Waals surface area contributed by atoms with Crippen molar-refractivity contribution in [3.8, 4) is 89.0 Å². The molecule has 8 nitrogen and oxygen atoms in total. The number of nitrogens with zero attached hydrogens (tertiary/aromatic N) is 8. The van der Waals surface area contributed by atoms with E-state index in [0.29, 0.717) is 0 Å². The number of hydrogen-bond donors (Lipinski definition) is 0. The van der Waals surface area contributed by atoms with E-state index in [9.17, 15) is 0 Å². The van der Waals surface area contributed by atoms with Crippen LogP contribution >= 0.6 is 0 Å². The van der Waals surface area contributed by atoms with Crippen LogP contribution < -0.4 is 19.6 Å². The Bertz CT molecular complexity index is 8590. The maximum absolute atomic E-state index is 4.87. The van der Waals surface area contributed by atoms with Crippen LogP contribution in [0.1, 0.15) is 178 Å². The monoisotopic (exact) mass is 1780 g/mol. The summed E-state index contributed by atoms with van der Waals surface area (Å²) < 4.78 is 0. The number of benzene rings is 16. The van der Waals surface area contributed by atoms with Crippen molar-refractivity contribution in [2.75, 3.05) is 19.6 Å². The largest absolute Gasteiger partial charge is 0.309 e. The molecular formula is C132H88N8. The van der Waals surface area contributed by atoms with Gasteiger partial charge in [0.25, 0.3) is 0 Å². The number of rotatable bonds is 0. The molecule has 0 bridgehead atoms. The molecule has 0 saturated carbocycles. The Morgan fingerprint density at radius 3 is 1.03 bits per heavy atom. The third kappa shape index (κ3) is 10.7. The van der Waals surface area contributed by atoms with E-state index in [1.54, 1.807) is 0 Å². The first-order chi connectivity index (χ1) is 69.4. The van der Waals surface area contributed by atoms with Crippen molar-refractivity contribution in [2.45, 2.75) is 103 Å². The molecule has 0 saturated heterocycles. The number of hydrogen-bond acceptors (Lipinski definition) is 8. The van der Waals surface area contributed by atoms with Crippen LogP contribution in [0.15, 0.2) is 340 Å². The molecule has 0 radical (unpaired) electrons. The van der Waals surface area contributed by atoms with E-state index in [1.165, 1.54) is 330 Å². The zero-order chi connectivity index (χ0) is 90.7. The van der Waals surface area contributed by atoms with Crippen LogP contribution in [0.4, 0.5) is 68.4 Å². The second-order valence-electron chi connectivity index (χ2n) is 41.4. The third-order valence-corrected chi connectivity index (χ3v) is 34.5. The summed E-state index contributed by atoms with van der Waals surface area (Å²) >= 11 is 0. The topological polar surface area (TPSA) is 64.5 Å². The molecule has 12 heterocycles. The quantitative estimate of drug-likeness (QED) is 0.149. The minimum Gasteiger partial charge on any atom is -0.309 e. The Hall–Kier alpha value is -16.7. The van der Waals surface area contributed by atoms with Gasteiger partial charge in [-0.25, -0.2) is 4.98 Å². The second-order valence-corrected chi connectivity index (χ2v) is 41.4. The Morgan fingerprint density at radius 1 is 0.157 bits per heavy atom. The summed E-state index contributed by atoms with van der Waals surface area (Å²) in [5.74, 6) is 1.10. The first-order valence-electron chi connectivity index (χ1n) is 50.3. The molecule has 0 unspecified atom stereocenters. The average Bonchev–Trinajstić information content (AvgIpc) is 1.46. The maximum atomic E-state index is 4.87. The molecule has 20 aromatic rings. The number of pyridine rings is 4. The molecule has 0 N–H and O–H groups in total. The highest BCUT2D eigenvalue weighted by Crippen LogP contribution is 2.62. The lowest BCUT2D eigenvalue weighted by Crippen LogP contribution is -2.26. The number of para-hydroxylation sites is 4. The van der Waals surface area contributed by atoms with Gasteiger partial charge in [0.1, 0.15) is 5.82 Å². The van der Waals surface area contributed by atoms with Crippen molar-refractivity contribution in [2.24, 2.45) is 0 Å². The van der Waals surface area contributed by atoms with Crippen LogP contribution in [-0.4, -0.2) is 19.9 Å². The normalized spacial score (nSPS) is 14.9. The summed E-state index contributed by atoms with van der Waals surface area (Å²) in [6.07, 6.45) is 28.0. The van der Waals surface area contributed by atoms with E-state index in [1.807, 2.05) is 37.2 Å². The minimum atomic E-state index is 0.910. The smallest absolute Gasteiger partial charge is 0.141 e. The molecule has 656 valence electrons. The lowest BCUT2D eigenvalue weighted by atomic mass is 9.84. The lowest BCUT2D eigenvalue weighted by Gasteiger charge is -2.39. The van der Waals surface area contributed by atoms with Crippen LogP contribution in [0.3, 0.4) is 0 Å². The van der Waals surface area contributed by atoms with Gasteiger partial charge in [0, 0.05) is 82.4 Å². The van der Waals surface area contributed by atoms with Gasteiger partial charge in [-0.2, -0.15) is 0 Å². The number of anilines is 12. The molecule has 8 heteroatoms. The van der Waals surface area contributed by atoms with Crippen LogP contribution in [0, 0.1) is 0 Å². The molecule has 0 amide bonds. The Balaban J connectivity index is 0.0000000829. The van der Waals surface area contributed by atoms with Gasteiger partial charge < -0.3 is 14.7 Å². The summed E-state index contributed by atoms with van der Waals surface area (Å²) in [4.78, 5) is 28.6. The molecule has 8 aliphatic heterocycles. The van der Waals surface area contributed by atoms with Crippen molar-refractivity contribution in [3.63, 3.8) is 0 Å². The van der Waals surface area contributed by atoms with Crippen molar-refractivity contribution in [3.05, 3.63) is 519 Å². The van der Waals surface area contributed by atoms with E-state index < -0.39 is 0 Å². The van der Waals surface area contributed by atoms with Gasteiger partial charge in [0.15, 0.2) is 0 Å². The van der Waals surface area contributed by atoms with Gasteiger partial charge in [-0.15, -0.1) is 0 Å². The molecule has 0 spiro atoms. The van der Waals surface area contributed by atoms with E-state index >= 15 is 0 Å². The second kappa shape index (κ2) is 28.5. The standard InChI is InChI=1S/4C33H22N2/c1-2-9-25-19(5-1)13-23-15-24-17-29-26(28(24)18-27(23)25)10-11-31-30(29)16-21-7-3-6-20-14-22-8-4-12-34-33(22)35(31)32(20)21;1-2-8-23-19(5-1)15-20-10-11-25-24-12-13-30-27(26(24)18-28(25)32(20)23)16-21-6-3-7-22-17-29-31(9-4-14-34-29)35(30)33(21)22;1-2-7-25-19(4-1)12-23-14-24-16-29-26(28(24)17-27(23)25)8-9-31-30(29)15-22-6-3-5-21-13-20-10-11-34-18-32(20)35(31)33(21)22;1-2-7-24-19(4-1)14-20-8-9-26-25-10-11-31-28(27(25)17-29(26)32(20)24)16-22-6-3-5-21-15-23-18-34-13-12-30(23)35(31)33(21)22/h1-12,15,18H,13-14,16-17H2;1-14H,15-18H2;1-11,14,17-18H,12-13,15-16H2;1-13,18H,14-17H2. The minimum absolute atomic E-state index is 0.910. The van der Waals surface area contributed by atoms with Crippen molar-refractivity contribution in [1.29, 1.82) is 0 Å². The van der Waals surface area contributed by atoms with Gasteiger partial charge in [-0.1, -0.05) is 237 Å². The van der Waals surface area contributed by atoms with Gasteiger partial charge >= 0.3 is 0 Å². The van der Waals surface area contributed by atoms with E-state index in [-0.39, 0.29) is 0 Å². The molecule has 0 fully saturated rings. The van der Waals surface area contributed by atoms with Gasteiger partial charge in [0.2, 0.25) is 0 Å². The fourth-order valence-electron chi connectivity index (χ4n) is 28.6. The summed E-state index contributed by atoms with van der Waals surface area (Å²) in [5.41, 5.74) is 83.9. The van der Waals surface area contributed by atoms with Crippen molar-refractivity contribution >= 4 is 68.4 Å². The lowest BCUT2D eigenvalue weighted by molar-refractivity contribution is 0.963.